The van der Waals surface area contributed by atoms with E-state index in [0.717, 1.165) is 16.1 Å². The normalized spacial score (nSPS) is 13.5. The van der Waals surface area contributed by atoms with E-state index in [4.69, 9.17) is 0 Å². The zero-order valence-electron chi connectivity index (χ0n) is 12.8. The average Bonchev–Trinajstić information content (AvgIpc) is 2.75. The SMILES string of the molecule is Cc1cc(C)cc(CC(O)c2snnc2C(C)(C)C)c1. The lowest BCUT2D eigenvalue weighted by atomic mass is 9.89. The molecule has 20 heavy (non-hydrogen) atoms. The van der Waals surface area contributed by atoms with Crippen molar-refractivity contribution in [2.75, 3.05) is 0 Å². The lowest BCUT2D eigenvalue weighted by molar-refractivity contribution is 0.179. The van der Waals surface area contributed by atoms with Crippen molar-refractivity contribution in [3.05, 3.63) is 45.5 Å². The zero-order chi connectivity index (χ0) is 14.9. The monoisotopic (exact) mass is 290 g/mol. The van der Waals surface area contributed by atoms with Crippen LogP contribution in [0.3, 0.4) is 0 Å². The number of rotatable bonds is 3. The van der Waals surface area contributed by atoms with Crippen molar-refractivity contribution in [1.82, 2.24) is 9.59 Å². The fraction of sp³-hybridized carbons (Fsp3) is 0.500. The third-order valence-electron chi connectivity index (χ3n) is 3.24. The molecule has 1 unspecified atom stereocenters. The first-order valence-electron chi connectivity index (χ1n) is 6.85. The number of hydrogen-bond acceptors (Lipinski definition) is 4. The molecule has 1 heterocycles. The first-order valence-corrected chi connectivity index (χ1v) is 7.62. The smallest absolute Gasteiger partial charge is 0.0957 e. The van der Waals surface area contributed by atoms with Gasteiger partial charge in [0, 0.05) is 11.8 Å². The number of aromatic nitrogens is 2. The fourth-order valence-electron chi connectivity index (χ4n) is 2.44. The Labute approximate surface area is 124 Å². The zero-order valence-corrected chi connectivity index (χ0v) is 13.6. The Morgan fingerprint density at radius 2 is 1.75 bits per heavy atom. The van der Waals surface area contributed by atoms with Gasteiger partial charge in [-0.1, -0.05) is 54.6 Å². The minimum absolute atomic E-state index is 0.0914. The molecule has 0 aliphatic rings. The van der Waals surface area contributed by atoms with Crippen molar-refractivity contribution < 1.29 is 5.11 Å². The number of aryl methyl sites for hydroxylation is 2. The molecule has 0 spiro atoms. The van der Waals surface area contributed by atoms with Crippen molar-refractivity contribution in [1.29, 1.82) is 0 Å². The van der Waals surface area contributed by atoms with E-state index in [-0.39, 0.29) is 5.41 Å². The molecule has 0 aliphatic heterocycles. The highest BCUT2D eigenvalue weighted by atomic mass is 32.1. The predicted octanol–water partition coefficient (Wildman–Crippen LogP) is 3.73. The number of nitrogens with zero attached hydrogens (tertiary/aromatic N) is 2. The molecular formula is C16H22N2OS. The first-order chi connectivity index (χ1) is 9.27. The van der Waals surface area contributed by atoms with E-state index in [0.29, 0.717) is 6.42 Å². The van der Waals surface area contributed by atoms with Crippen LogP contribution in [0, 0.1) is 13.8 Å². The number of aliphatic hydroxyl groups excluding tert-OH is 1. The van der Waals surface area contributed by atoms with E-state index in [1.54, 1.807) is 0 Å². The van der Waals surface area contributed by atoms with Crippen LogP contribution in [0.5, 0.6) is 0 Å². The lowest BCUT2D eigenvalue weighted by Gasteiger charge is -2.19. The highest BCUT2D eigenvalue weighted by molar-refractivity contribution is 7.05. The van der Waals surface area contributed by atoms with E-state index >= 15 is 0 Å². The molecule has 2 rings (SSSR count). The van der Waals surface area contributed by atoms with Crippen molar-refractivity contribution in [2.24, 2.45) is 0 Å². The molecule has 0 saturated carbocycles. The molecule has 1 aromatic heterocycles. The van der Waals surface area contributed by atoms with Crippen LogP contribution in [0.15, 0.2) is 18.2 Å². The predicted molar refractivity (Wildman–Crippen MR) is 83.2 cm³/mol. The Morgan fingerprint density at radius 1 is 1.15 bits per heavy atom. The Morgan fingerprint density at radius 3 is 2.30 bits per heavy atom. The van der Waals surface area contributed by atoms with Gasteiger partial charge in [0.05, 0.1) is 16.7 Å². The van der Waals surface area contributed by atoms with Crippen LogP contribution in [0.25, 0.3) is 0 Å². The summed E-state index contributed by atoms with van der Waals surface area (Å²) in [5, 5.41) is 14.7. The van der Waals surface area contributed by atoms with Crippen molar-refractivity contribution in [2.45, 2.75) is 52.6 Å². The maximum absolute atomic E-state index is 10.5. The molecule has 0 saturated heterocycles. The van der Waals surface area contributed by atoms with Gasteiger partial charge in [-0.3, -0.25) is 0 Å². The van der Waals surface area contributed by atoms with Crippen LogP contribution in [0.1, 0.15) is 54.1 Å². The summed E-state index contributed by atoms with van der Waals surface area (Å²) in [5.74, 6) is 0. The average molecular weight is 290 g/mol. The van der Waals surface area contributed by atoms with Gasteiger partial charge in [0.2, 0.25) is 0 Å². The molecule has 0 radical (unpaired) electrons. The molecule has 0 fully saturated rings. The Hall–Kier alpha value is -1.26. The van der Waals surface area contributed by atoms with Gasteiger partial charge in [0.1, 0.15) is 0 Å². The van der Waals surface area contributed by atoms with Gasteiger partial charge in [-0.2, -0.15) is 0 Å². The fourth-order valence-corrected chi connectivity index (χ4v) is 3.29. The van der Waals surface area contributed by atoms with Gasteiger partial charge in [0.25, 0.3) is 0 Å². The topological polar surface area (TPSA) is 46.0 Å². The van der Waals surface area contributed by atoms with Crippen LogP contribution in [0.2, 0.25) is 0 Å². The van der Waals surface area contributed by atoms with Gasteiger partial charge in [-0.05, 0) is 30.9 Å². The lowest BCUT2D eigenvalue weighted by Crippen LogP contribution is -2.16. The highest BCUT2D eigenvalue weighted by Gasteiger charge is 2.26. The van der Waals surface area contributed by atoms with Gasteiger partial charge < -0.3 is 5.11 Å². The molecule has 0 aliphatic carbocycles. The Kier molecular flexibility index (Phi) is 4.25. The van der Waals surface area contributed by atoms with Crippen LogP contribution >= 0.6 is 11.5 Å². The summed E-state index contributed by atoms with van der Waals surface area (Å²) < 4.78 is 4.02. The minimum Gasteiger partial charge on any atom is -0.387 e. The summed E-state index contributed by atoms with van der Waals surface area (Å²) in [4.78, 5) is 0.886. The van der Waals surface area contributed by atoms with Crippen LogP contribution in [-0.4, -0.2) is 14.7 Å². The van der Waals surface area contributed by atoms with Crippen molar-refractivity contribution >= 4 is 11.5 Å². The molecule has 0 bridgehead atoms. The second-order valence-electron chi connectivity index (χ2n) is 6.45. The quantitative estimate of drug-likeness (QED) is 0.937. The van der Waals surface area contributed by atoms with Gasteiger partial charge >= 0.3 is 0 Å². The summed E-state index contributed by atoms with van der Waals surface area (Å²) in [6.45, 7) is 10.4. The van der Waals surface area contributed by atoms with Crippen LogP contribution in [-0.2, 0) is 11.8 Å². The maximum Gasteiger partial charge on any atom is 0.0957 e. The van der Waals surface area contributed by atoms with E-state index in [1.807, 2.05) is 0 Å². The largest absolute Gasteiger partial charge is 0.387 e. The van der Waals surface area contributed by atoms with E-state index in [2.05, 4.69) is 62.4 Å². The summed E-state index contributed by atoms with van der Waals surface area (Å²) in [6, 6.07) is 6.40. The van der Waals surface area contributed by atoms with Gasteiger partial charge in [-0.15, -0.1) is 5.10 Å². The maximum atomic E-state index is 10.5. The second kappa shape index (κ2) is 5.62. The molecule has 2 aromatic rings. The van der Waals surface area contributed by atoms with E-state index in [1.165, 1.54) is 22.7 Å². The molecule has 4 heteroatoms. The molecule has 1 atom stereocenters. The summed E-state index contributed by atoms with van der Waals surface area (Å²) in [6.07, 6.45) is 0.0700. The summed E-state index contributed by atoms with van der Waals surface area (Å²) in [5.41, 5.74) is 4.42. The molecule has 3 nitrogen and oxygen atoms in total. The van der Waals surface area contributed by atoms with Gasteiger partial charge in [0.15, 0.2) is 0 Å². The first kappa shape index (κ1) is 15.1. The third-order valence-corrected chi connectivity index (χ3v) is 4.06. The second-order valence-corrected chi connectivity index (χ2v) is 7.24. The molecule has 0 amide bonds. The Balaban J connectivity index is 2.24. The molecular weight excluding hydrogens is 268 g/mol. The summed E-state index contributed by atoms with van der Waals surface area (Å²) in [7, 11) is 0. The Bertz CT molecular complexity index is 579. The van der Waals surface area contributed by atoms with E-state index in [9.17, 15) is 5.11 Å². The summed E-state index contributed by atoms with van der Waals surface area (Å²) >= 11 is 1.30. The van der Waals surface area contributed by atoms with Crippen molar-refractivity contribution in [3.8, 4) is 0 Å². The standard InChI is InChI=1S/C16H22N2OS/c1-10-6-11(2)8-12(7-10)9-13(19)14-15(16(3,4)5)17-18-20-14/h6-8,13,19H,9H2,1-5H3. The molecule has 1 N–H and O–H groups in total. The van der Waals surface area contributed by atoms with Crippen LogP contribution < -0.4 is 0 Å². The van der Waals surface area contributed by atoms with Crippen molar-refractivity contribution in [3.63, 3.8) is 0 Å². The number of aliphatic hydroxyl groups is 1. The van der Waals surface area contributed by atoms with E-state index < -0.39 is 6.10 Å². The van der Waals surface area contributed by atoms with Crippen LogP contribution in [0.4, 0.5) is 0 Å². The molecule has 1 aromatic carbocycles. The third kappa shape index (κ3) is 3.44. The molecule has 108 valence electrons. The number of benzene rings is 1. The van der Waals surface area contributed by atoms with Gasteiger partial charge in [-0.25, -0.2) is 0 Å². The highest BCUT2D eigenvalue weighted by Crippen LogP contribution is 2.32. The minimum atomic E-state index is -0.537. The number of hydrogen-bond donors (Lipinski definition) is 1.